The van der Waals surface area contributed by atoms with Gasteiger partial charge in [0.05, 0.1) is 6.20 Å². The number of rotatable bonds is 2. The van der Waals surface area contributed by atoms with Crippen LogP contribution in [0.15, 0.2) is 53.6 Å². The van der Waals surface area contributed by atoms with E-state index in [2.05, 4.69) is 15.3 Å². The molecule has 1 fully saturated rings. The van der Waals surface area contributed by atoms with Gasteiger partial charge in [-0.1, -0.05) is 30.3 Å². The van der Waals surface area contributed by atoms with Crippen LogP contribution in [0.1, 0.15) is 18.9 Å². The second-order valence-corrected chi connectivity index (χ2v) is 5.85. The molecule has 4 aromatic rings. The van der Waals surface area contributed by atoms with E-state index in [1.54, 1.807) is 15.3 Å². The fraction of sp³-hybridized carbons (Fsp3) is 0.176. The quantitative estimate of drug-likeness (QED) is 0.570. The van der Waals surface area contributed by atoms with Crippen molar-refractivity contribution in [2.24, 2.45) is 0 Å². The summed E-state index contributed by atoms with van der Waals surface area (Å²) in [5, 5.41) is 12.9. The number of nitrogens with zero attached hydrogens (tertiary/aromatic N) is 5. The zero-order valence-corrected chi connectivity index (χ0v) is 12.3. The maximum absolute atomic E-state index is 12.5. The summed E-state index contributed by atoms with van der Waals surface area (Å²) in [4.78, 5) is 12.5. The van der Waals surface area contributed by atoms with Gasteiger partial charge in [0, 0.05) is 17.8 Å². The van der Waals surface area contributed by atoms with E-state index in [1.807, 2.05) is 42.6 Å². The fourth-order valence-corrected chi connectivity index (χ4v) is 2.97. The van der Waals surface area contributed by atoms with Crippen molar-refractivity contribution in [3.8, 4) is 11.1 Å². The topological polar surface area (TPSA) is 65.1 Å². The van der Waals surface area contributed by atoms with Crippen molar-refractivity contribution < 1.29 is 0 Å². The van der Waals surface area contributed by atoms with E-state index in [-0.39, 0.29) is 5.56 Å². The maximum atomic E-state index is 12.5. The maximum Gasteiger partial charge on any atom is 0.280 e. The number of hydrogen-bond acceptors (Lipinski definition) is 4. The monoisotopic (exact) mass is 303 g/mol. The van der Waals surface area contributed by atoms with E-state index in [1.165, 1.54) is 0 Å². The molecule has 112 valence electrons. The lowest BCUT2D eigenvalue weighted by atomic mass is 10.1. The zero-order chi connectivity index (χ0) is 15.4. The normalized spacial score (nSPS) is 14.6. The molecule has 1 saturated carbocycles. The van der Waals surface area contributed by atoms with Gasteiger partial charge in [-0.3, -0.25) is 4.79 Å². The highest BCUT2D eigenvalue weighted by Gasteiger charge is 2.25. The Morgan fingerprint density at radius 3 is 2.65 bits per heavy atom. The van der Waals surface area contributed by atoms with Crippen molar-refractivity contribution in [2.75, 3.05) is 0 Å². The minimum absolute atomic E-state index is 0.0869. The molecule has 1 aliphatic carbocycles. The van der Waals surface area contributed by atoms with Crippen molar-refractivity contribution in [3.05, 3.63) is 59.1 Å². The minimum Gasteiger partial charge on any atom is -0.310 e. The van der Waals surface area contributed by atoms with Crippen molar-refractivity contribution in [3.63, 3.8) is 0 Å². The molecule has 3 heterocycles. The molecular formula is C17H13N5O. The Kier molecular flexibility index (Phi) is 2.44. The third kappa shape index (κ3) is 1.81. The van der Waals surface area contributed by atoms with Gasteiger partial charge in [-0.15, -0.1) is 10.2 Å². The van der Waals surface area contributed by atoms with E-state index in [9.17, 15) is 4.79 Å². The average molecular weight is 303 g/mol. The lowest BCUT2D eigenvalue weighted by Crippen LogP contribution is -2.20. The van der Waals surface area contributed by atoms with Gasteiger partial charge in [-0.2, -0.15) is 5.10 Å². The van der Waals surface area contributed by atoms with Crippen LogP contribution in [-0.4, -0.2) is 24.4 Å². The van der Waals surface area contributed by atoms with Crippen LogP contribution in [-0.2, 0) is 0 Å². The van der Waals surface area contributed by atoms with Gasteiger partial charge >= 0.3 is 0 Å². The molecule has 0 saturated heterocycles. The highest BCUT2D eigenvalue weighted by Crippen LogP contribution is 2.33. The Bertz CT molecular complexity index is 1090. The molecule has 0 spiro atoms. The van der Waals surface area contributed by atoms with Crippen LogP contribution in [0.3, 0.4) is 0 Å². The predicted octanol–water partition coefficient (Wildman–Crippen LogP) is 2.44. The molecule has 0 N–H and O–H groups in total. The molecule has 3 aromatic heterocycles. The number of hydrogen-bond donors (Lipinski definition) is 0. The van der Waals surface area contributed by atoms with Gasteiger partial charge in [0.1, 0.15) is 5.52 Å². The van der Waals surface area contributed by atoms with Gasteiger partial charge in [-0.05, 0) is 24.5 Å². The van der Waals surface area contributed by atoms with Crippen LogP contribution in [0.4, 0.5) is 0 Å². The van der Waals surface area contributed by atoms with Gasteiger partial charge in [0.25, 0.3) is 5.56 Å². The largest absolute Gasteiger partial charge is 0.310 e. The molecule has 0 aliphatic heterocycles. The Morgan fingerprint density at radius 2 is 1.87 bits per heavy atom. The van der Waals surface area contributed by atoms with Gasteiger partial charge in [-0.25, -0.2) is 4.52 Å². The molecule has 6 heteroatoms. The van der Waals surface area contributed by atoms with Gasteiger partial charge in [0.2, 0.25) is 0 Å². The molecule has 5 rings (SSSR count). The molecule has 0 amide bonds. The van der Waals surface area contributed by atoms with Crippen molar-refractivity contribution >= 4 is 16.7 Å². The molecule has 0 unspecified atom stereocenters. The average Bonchev–Trinajstić information content (AvgIpc) is 3.34. The van der Waals surface area contributed by atoms with Crippen LogP contribution in [0.25, 0.3) is 27.8 Å². The van der Waals surface area contributed by atoms with E-state index < -0.39 is 0 Å². The molecule has 6 nitrogen and oxygen atoms in total. The summed E-state index contributed by atoms with van der Waals surface area (Å²) in [7, 11) is 0. The molecule has 0 atom stereocenters. The first kappa shape index (κ1) is 12.5. The Balaban J connectivity index is 1.80. The summed E-state index contributed by atoms with van der Waals surface area (Å²) in [5.74, 6) is 0. The third-order valence-electron chi connectivity index (χ3n) is 4.31. The summed E-state index contributed by atoms with van der Waals surface area (Å²) in [6, 6.07) is 12.2. The SMILES string of the molecule is O=c1c2nnc3c(-c4ccccc4)cnn3c2ccn1C1CC1. The standard InChI is InChI=1S/C17H13N5O/c23-17-15-14(8-9-21(17)12-6-7-12)22-16(20-19-15)13(10-18-22)11-4-2-1-3-5-11/h1-5,8-10,12H,6-7H2. The third-order valence-corrected chi connectivity index (χ3v) is 4.31. The van der Waals surface area contributed by atoms with E-state index in [4.69, 9.17) is 0 Å². The van der Waals surface area contributed by atoms with Crippen LogP contribution < -0.4 is 5.56 Å². The first-order valence-corrected chi connectivity index (χ1v) is 7.63. The first-order chi connectivity index (χ1) is 11.3. The summed E-state index contributed by atoms with van der Waals surface area (Å²) < 4.78 is 3.45. The summed E-state index contributed by atoms with van der Waals surface area (Å²) in [6.07, 6.45) is 5.72. The Labute approximate surface area is 131 Å². The molecule has 1 aliphatic rings. The van der Waals surface area contributed by atoms with E-state index >= 15 is 0 Å². The Hall–Kier alpha value is -3.02. The van der Waals surface area contributed by atoms with Gasteiger partial charge in [0.15, 0.2) is 11.2 Å². The highest BCUT2D eigenvalue weighted by molar-refractivity contribution is 5.82. The minimum atomic E-state index is -0.0869. The molecule has 0 bridgehead atoms. The van der Waals surface area contributed by atoms with Gasteiger partial charge < -0.3 is 4.57 Å². The molecule has 1 aromatic carbocycles. The second-order valence-electron chi connectivity index (χ2n) is 5.85. The molecule has 0 radical (unpaired) electrons. The summed E-state index contributed by atoms with van der Waals surface area (Å²) >= 11 is 0. The van der Waals surface area contributed by atoms with Crippen molar-refractivity contribution in [2.45, 2.75) is 18.9 Å². The fourth-order valence-electron chi connectivity index (χ4n) is 2.97. The van der Waals surface area contributed by atoms with Crippen LogP contribution in [0.5, 0.6) is 0 Å². The zero-order valence-electron chi connectivity index (χ0n) is 12.3. The summed E-state index contributed by atoms with van der Waals surface area (Å²) in [6.45, 7) is 0. The lowest BCUT2D eigenvalue weighted by Gasteiger charge is -2.05. The first-order valence-electron chi connectivity index (χ1n) is 7.63. The summed E-state index contributed by atoms with van der Waals surface area (Å²) in [5.41, 5.74) is 3.57. The van der Waals surface area contributed by atoms with Crippen molar-refractivity contribution in [1.29, 1.82) is 0 Å². The van der Waals surface area contributed by atoms with Crippen LogP contribution in [0.2, 0.25) is 0 Å². The lowest BCUT2D eigenvalue weighted by molar-refractivity contribution is 0.709. The van der Waals surface area contributed by atoms with E-state index in [0.717, 1.165) is 24.0 Å². The molecule has 23 heavy (non-hydrogen) atoms. The van der Waals surface area contributed by atoms with Crippen molar-refractivity contribution in [1.82, 2.24) is 24.4 Å². The predicted molar refractivity (Wildman–Crippen MR) is 86.3 cm³/mol. The highest BCUT2D eigenvalue weighted by atomic mass is 16.1. The number of pyridine rings is 1. The number of benzene rings is 1. The Morgan fingerprint density at radius 1 is 1.04 bits per heavy atom. The van der Waals surface area contributed by atoms with E-state index in [0.29, 0.717) is 22.7 Å². The number of aromatic nitrogens is 5. The molecular weight excluding hydrogens is 290 g/mol. The van der Waals surface area contributed by atoms with Crippen LogP contribution >= 0.6 is 0 Å². The number of fused-ring (bicyclic) bond motifs is 3. The second kappa shape index (κ2) is 4.49. The smallest absolute Gasteiger partial charge is 0.280 e. The van der Waals surface area contributed by atoms with Crippen LogP contribution in [0, 0.1) is 0 Å².